The van der Waals surface area contributed by atoms with Crippen LogP contribution in [0.2, 0.25) is 0 Å². The molecule has 0 amide bonds. The van der Waals surface area contributed by atoms with Gasteiger partial charge in [-0.05, 0) is 57.3 Å². The molecule has 0 radical (unpaired) electrons. The van der Waals surface area contributed by atoms with Crippen LogP contribution in [0.3, 0.4) is 0 Å². The minimum Gasteiger partial charge on any atom is -0.493 e. The van der Waals surface area contributed by atoms with Crippen LogP contribution in [0.1, 0.15) is 43.7 Å². The standard InChI is InChI=1S/C20H27NO3/c1-4-24-19-17(23-3)8-5-13-11-16-15-7-6-14(22)12-20(15,18(13)19)9-10-21(16)2/h5,8,15-16H,4,6-7,9-12H2,1-3H3/t15-,16-,20+/m0/s1. The maximum Gasteiger partial charge on any atom is 0.165 e. The van der Waals surface area contributed by atoms with E-state index in [1.54, 1.807) is 7.11 Å². The first-order chi connectivity index (χ1) is 11.6. The second kappa shape index (κ2) is 5.76. The van der Waals surface area contributed by atoms with Gasteiger partial charge in [-0.2, -0.15) is 0 Å². The Labute approximate surface area is 144 Å². The molecule has 24 heavy (non-hydrogen) atoms. The molecule has 4 heteroatoms. The van der Waals surface area contributed by atoms with Crippen LogP contribution in [0.4, 0.5) is 0 Å². The van der Waals surface area contributed by atoms with Gasteiger partial charge >= 0.3 is 0 Å². The molecule has 1 aliphatic heterocycles. The van der Waals surface area contributed by atoms with Crippen molar-refractivity contribution in [1.29, 1.82) is 0 Å². The second-order valence-electron chi connectivity index (χ2n) is 7.58. The molecule has 2 bridgehead atoms. The van der Waals surface area contributed by atoms with Crippen molar-refractivity contribution in [3.63, 3.8) is 0 Å². The number of benzene rings is 1. The van der Waals surface area contributed by atoms with E-state index in [0.717, 1.165) is 43.7 Å². The van der Waals surface area contributed by atoms with Gasteiger partial charge in [0.2, 0.25) is 0 Å². The highest BCUT2D eigenvalue weighted by molar-refractivity contribution is 5.82. The third-order valence-corrected chi connectivity index (χ3v) is 6.54. The van der Waals surface area contributed by atoms with Crippen molar-refractivity contribution >= 4 is 5.78 Å². The van der Waals surface area contributed by atoms with Gasteiger partial charge in [-0.25, -0.2) is 0 Å². The van der Waals surface area contributed by atoms with Crippen molar-refractivity contribution in [3.8, 4) is 11.5 Å². The Morgan fingerprint density at radius 3 is 2.96 bits per heavy atom. The Hall–Kier alpha value is -1.55. The summed E-state index contributed by atoms with van der Waals surface area (Å²) in [6.07, 6.45) is 4.51. The molecule has 2 fully saturated rings. The summed E-state index contributed by atoms with van der Waals surface area (Å²) in [5.41, 5.74) is 2.58. The predicted molar refractivity (Wildman–Crippen MR) is 92.9 cm³/mol. The molecule has 0 aromatic heterocycles. The number of likely N-dealkylation sites (tertiary alicyclic amines) is 1. The van der Waals surface area contributed by atoms with Crippen LogP contribution < -0.4 is 9.47 Å². The lowest BCUT2D eigenvalue weighted by Gasteiger charge is -2.58. The molecule has 1 aromatic carbocycles. The lowest BCUT2D eigenvalue weighted by molar-refractivity contribution is -0.127. The maximum absolute atomic E-state index is 12.4. The van der Waals surface area contributed by atoms with Crippen LogP contribution in [-0.4, -0.2) is 44.0 Å². The van der Waals surface area contributed by atoms with Gasteiger partial charge in [0.15, 0.2) is 11.5 Å². The van der Waals surface area contributed by atoms with Crippen LogP contribution in [-0.2, 0) is 16.6 Å². The van der Waals surface area contributed by atoms with Crippen molar-refractivity contribution in [2.45, 2.75) is 50.5 Å². The molecule has 0 spiro atoms. The van der Waals surface area contributed by atoms with E-state index in [1.165, 1.54) is 11.1 Å². The van der Waals surface area contributed by atoms with Gasteiger partial charge in [-0.15, -0.1) is 0 Å². The molecule has 1 saturated heterocycles. The smallest absolute Gasteiger partial charge is 0.165 e. The molecule has 130 valence electrons. The zero-order valence-electron chi connectivity index (χ0n) is 14.9. The van der Waals surface area contributed by atoms with E-state index in [2.05, 4.69) is 18.0 Å². The number of nitrogens with zero attached hydrogens (tertiary/aromatic N) is 1. The SMILES string of the molecule is CCOc1c(OC)ccc2c1[C@@]13CCN(C)[C@@H](C2)[C@@H]1CCC(=O)C3. The van der Waals surface area contributed by atoms with Gasteiger partial charge in [0.1, 0.15) is 5.78 Å². The lowest BCUT2D eigenvalue weighted by atomic mass is 9.52. The molecular formula is C20H27NO3. The highest BCUT2D eigenvalue weighted by Crippen LogP contribution is 2.58. The van der Waals surface area contributed by atoms with Crippen LogP contribution in [0.25, 0.3) is 0 Å². The number of Topliss-reactive ketones (excluding diaryl/α,β-unsaturated/α-hetero) is 1. The minimum absolute atomic E-state index is 0.0564. The van der Waals surface area contributed by atoms with Crippen molar-refractivity contribution in [3.05, 3.63) is 23.3 Å². The molecule has 1 saturated carbocycles. The van der Waals surface area contributed by atoms with E-state index < -0.39 is 0 Å². The van der Waals surface area contributed by atoms with E-state index in [9.17, 15) is 4.79 Å². The topological polar surface area (TPSA) is 38.8 Å². The third-order valence-electron chi connectivity index (χ3n) is 6.54. The van der Waals surface area contributed by atoms with Gasteiger partial charge in [0.25, 0.3) is 0 Å². The maximum atomic E-state index is 12.4. The van der Waals surface area contributed by atoms with E-state index in [1.807, 2.05) is 13.0 Å². The molecule has 3 aliphatic rings. The molecule has 1 aromatic rings. The fourth-order valence-electron chi connectivity index (χ4n) is 5.54. The summed E-state index contributed by atoms with van der Waals surface area (Å²) < 4.78 is 11.7. The van der Waals surface area contributed by atoms with Gasteiger partial charge < -0.3 is 14.4 Å². The fourth-order valence-corrected chi connectivity index (χ4v) is 5.54. The Morgan fingerprint density at radius 2 is 2.21 bits per heavy atom. The van der Waals surface area contributed by atoms with Crippen LogP contribution >= 0.6 is 0 Å². The zero-order valence-corrected chi connectivity index (χ0v) is 14.9. The van der Waals surface area contributed by atoms with Gasteiger partial charge in [0, 0.05) is 29.9 Å². The molecule has 0 unspecified atom stereocenters. The van der Waals surface area contributed by atoms with E-state index in [4.69, 9.17) is 9.47 Å². The fraction of sp³-hybridized carbons (Fsp3) is 0.650. The van der Waals surface area contributed by atoms with Crippen LogP contribution in [0, 0.1) is 5.92 Å². The predicted octanol–water partition coefficient (Wildman–Crippen LogP) is 2.96. The normalized spacial score (nSPS) is 32.0. The molecule has 2 aliphatic carbocycles. The van der Waals surface area contributed by atoms with Crippen molar-refractivity contribution in [2.24, 2.45) is 5.92 Å². The number of hydrogen-bond donors (Lipinski definition) is 0. The average molecular weight is 329 g/mol. The van der Waals surface area contributed by atoms with E-state index in [0.29, 0.717) is 30.8 Å². The highest BCUT2D eigenvalue weighted by atomic mass is 16.5. The second-order valence-corrected chi connectivity index (χ2v) is 7.58. The first kappa shape index (κ1) is 15.9. The number of piperidine rings is 1. The number of likely N-dealkylation sites (N-methyl/N-ethyl adjacent to an activating group) is 1. The lowest BCUT2D eigenvalue weighted by Crippen LogP contribution is -2.61. The largest absolute Gasteiger partial charge is 0.493 e. The summed E-state index contributed by atoms with van der Waals surface area (Å²) in [5.74, 6) is 2.65. The first-order valence-electron chi connectivity index (χ1n) is 9.15. The number of methoxy groups -OCH3 is 1. The Balaban J connectivity index is 1.95. The third kappa shape index (κ3) is 2.12. The molecule has 4 nitrogen and oxygen atoms in total. The Morgan fingerprint density at radius 1 is 1.38 bits per heavy atom. The average Bonchev–Trinajstić information content (AvgIpc) is 2.58. The number of carbonyl (C=O) groups excluding carboxylic acids is 1. The number of hydrogen-bond acceptors (Lipinski definition) is 4. The molecule has 0 N–H and O–H groups in total. The summed E-state index contributed by atoms with van der Waals surface area (Å²) in [5, 5.41) is 0. The van der Waals surface area contributed by atoms with Crippen LogP contribution in [0.5, 0.6) is 11.5 Å². The van der Waals surface area contributed by atoms with E-state index >= 15 is 0 Å². The van der Waals surface area contributed by atoms with Crippen molar-refractivity contribution in [1.82, 2.24) is 4.90 Å². The summed E-state index contributed by atoms with van der Waals surface area (Å²) >= 11 is 0. The highest BCUT2D eigenvalue weighted by Gasteiger charge is 2.56. The molecule has 1 heterocycles. The summed E-state index contributed by atoms with van der Waals surface area (Å²) in [6.45, 7) is 3.68. The summed E-state index contributed by atoms with van der Waals surface area (Å²) in [4.78, 5) is 14.9. The van der Waals surface area contributed by atoms with Crippen molar-refractivity contribution < 1.29 is 14.3 Å². The number of carbonyl (C=O) groups is 1. The first-order valence-corrected chi connectivity index (χ1v) is 9.15. The quantitative estimate of drug-likeness (QED) is 0.855. The number of fused-ring (bicyclic) bond motifs is 1. The monoisotopic (exact) mass is 329 g/mol. The number of rotatable bonds is 3. The number of ether oxygens (including phenoxy) is 2. The zero-order chi connectivity index (χ0) is 16.9. The van der Waals surface area contributed by atoms with Gasteiger partial charge in [-0.3, -0.25) is 4.79 Å². The van der Waals surface area contributed by atoms with Gasteiger partial charge in [-0.1, -0.05) is 6.07 Å². The minimum atomic E-state index is -0.0564. The molecule has 4 rings (SSSR count). The van der Waals surface area contributed by atoms with Crippen LogP contribution in [0.15, 0.2) is 12.1 Å². The molecule has 3 atom stereocenters. The summed E-state index contributed by atoms with van der Waals surface area (Å²) in [7, 11) is 3.94. The molecular weight excluding hydrogens is 302 g/mol. The Bertz CT molecular complexity index is 671. The Kier molecular flexibility index (Phi) is 3.83. The van der Waals surface area contributed by atoms with E-state index in [-0.39, 0.29) is 5.41 Å². The number of ketones is 1. The summed E-state index contributed by atoms with van der Waals surface area (Å²) in [6, 6.07) is 4.77. The van der Waals surface area contributed by atoms with Crippen molar-refractivity contribution in [2.75, 3.05) is 27.3 Å². The van der Waals surface area contributed by atoms with Gasteiger partial charge in [0.05, 0.1) is 13.7 Å².